The largest absolute Gasteiger partial charge is 0.312 e. The summed E-state index contributed by atoms with van der Waals surface area (Å²) in [6.07, 6.45) is 1.82. The quantitative estimate of drug-likeness (QED) is 0.794. The summed E-state index contributed by atoms with van der Waals surface area (Å²) in [7, 11) is -3.01. The second-order valence-electron chi connectivity index (χ2n) is 5.92. The second-order valence-corrected chi connectivity index (χ2v) is 8.60. The monoisotopic (exact) mass is 301 g/mol. The molecule has 1 N–H and O–H groups in total. The Morgan fingerprint density at radius 2 is 1.95 bits per heavy atom. The summed E-state index contributed by atoms with van der Waals surface area (Å²) < 4.78 is 25.4. The van der Waals surface area contributed by atoms with Crippen LogP contribution in [-0.4, -0.2) is 35.7 Å². The third kappa shape index (κ3) is 4.90. The van der Waals surface area contributed by atoms with E-state index in [1.807, 2.05) is 13.1 Å². The Kier molecular flexibility index (Phi) is 6.20. The van der Waals surface area contributed by atoms with Crippen LogP contribution in [0.1, 0.15) is 39.0 Å². The lowest BCUT2D eigenvalue weighted by atomic mass is 10.2. The number of aromatic nitrogens is 2. The van der Waals surface area contributed by atoms with Crippen molar-refractivity contribution in [2.45, 2.75) is 53.0 Å². The lowest BCUT2D eigenvalue weighted by molar-refractivity contribution is 0.549. The number of hydrogen-bond acceptors (Lipinski definition) is 4. The number of nitrogens with zero attached hydrogens (tertiary/aromatic N) is 2. The smallest absolute Gasteiger partial charge is 0.154 e. The van der Waals surface area contributed by atoms with E-state index < -0.39 is 9.84 Å². The van der Waals surface area contributed by atoms with Crippen LogP contribution in [0.25, 0.3) is 0 Å². The average Bonchev–Trinajstić information content (AvgIpc) is 2.68. The Morgan fingerprint density at radius 3 is 2.50 bits per heavy atom. The van der Waals surface area contributed by atoms with Gasteiger partial charge in [0.1, 0.15) is 0 Å². The zero-order valence-electron chi connectivity index (χ0n) is 13.2. The lowest BCUT2D eigenvalue weighted by Gasteiger charge is -2.10. The molecule has 116 valence electrons. The number of hydrogen-bond donors (Lipinski definition) is 1. The molecule has 0 amide bonds. The van der Waals surface area contributed by atoms with Crippen molar-refractivity contribution >= 4 is 9.84 Å². The summed E-state index contributed by atoms with van der Waals surface area (Å²) in [6.45, 7) is 11.9. The summed E-state index contributed by atoms with van der Waals surface area (Å²) in [5.41, 5.74) is 2.17. The van der Waals surface area contributed by atoms with Crippen LogP contribution in [0, 0.1) is 12.8 Å². The van der Waals surface area contributed by atoms with Crippen molar-refractivity contribution in [1.82, 2.24) is 15.1 Å². The molecule has 0 aliphatic rings. The van der Waals surface area contributed by atoms with E-state index in [4.69, 9.17) is 0 Å². The molecule has 0 bridgehead atoms. The zero-order valence-corrected chi connectivity index (χ0v) is 14.0. The molecule has 0 unspecified atom stereocenters. The van der Waals surface area contributed by atoms with E-state index in [-0.39, 0.29) is 11.0 Å². The van der Waals surface area contributed by atoms with Crippen LogP contribution in [0.2, 0.25) is 0 Å². The predicted molar refractivity (Wildman–Crippen MR) is 82.4 cm³/mol. The maximum atomic E-state index is 11.8. The number of nitrogens with one attached hydrogen (secondary N) is 1. The average molecular weight is 301 g/mol. The number of aryl methyl sites for hydroxylation is 1. The highest BCUT2D eigenvalue weighted by molar-refractivity contribution is 7.91. The Morgan fingerprint density at radius 1 is 1.30 bits per heavy atom. The van der Waals surface area contributed by atoms with Crippen molar-refractivity contribution in [3.63, 3.8) is 0 Å². The van der Waals surface area contributed by atoms with E-state index in [2.05, 4.69) is 24.3 Å². The molecule has 0 spiro atoms. The summed E-state index contributed by atoms with van der Waals surface area (Å²) in [4.78, 5) is 0. The van der Waals surface area contributed by atoms with Gasteiger partial charge in [0.05, 0.1) is 23.7 Å². The van der Waals surface area contributed by atoms with Gasteiger partial charge in [-0.1, -0.05) is 13.8 Å². The topological polar surface area (TPSA) is 64.0 Å². The third-order valence-electron chi connectivity index (χ3n) is 3.38. The van der Waals surface area contributed by atoms with E-state index in [9.17, 15) is 8.42 Å². The van der Waals surface area contributed by atoms with Crippen molar-refractivity contribution < 1.29 is 8.42 Å². The van der Waals surface area contributed by atoms with Crippen LogP contribution in [0.3, 0.4) is 0 Å². The highest BCUT2D eigenvalue weighted by Crippen LogP contribution is 2.09. The Bertz CT molecular complexity index is 519. The Balaban J connectivity index is 2.59. The first-order valence-corrected chi connectivity index (χ1v) is 8.89. The molecule has 6 heteroatoms. The summed E-state index contributed by atoms with van der Waals surface area (Å²) in [5, 5.41) is 7.33. The van der Waals surface area contributed by atoms with Gasteiger partial charge in [-0.05, 0) is 33.2 Å². The molecule has 1 heterocycles. The van der Waals surface area contributed by atoms with Gasteiger partial charge in [-0.25, -0.2) is 8.42 Å². The predicted octanol–water partition coefficient (Wildman–Crippen LogP) is 1.76. The van der Waals surface area contributed by atoms with Crippen molar-refractivity contribution in [2.75, 3.05) is 12.3 Å². The van der Waals surface area contributed by atoms with Crippen LogP contribution >= 0.6 is 0 Å². The molecule has 0 radical (unpaired) electrons. The summed E-state index contributed by atoms with van der Waals surface area (Å²) >= 11 is 0. The molecule has 0 fully saturated rings. The molecule has 0 aromatic carbocycles. The van der Waals surface area contributed by atoms with Gasteiger partial charge < -0.3 is 5.32 Å². The first-order chi connectivity index (χ1) is 9.24. The molecule has 0 atom stereocenters. The fourth-order valence-corrected chi connectivity index (χ4v) is 2.73. The molecule has 1 aromatic rings. The van der Waals surface area contributed by atoms with Crippen LogP contribution in [-0.2, 0) is 22.9 Å². The van der Waals surface area contributed by atoms with Gasteiger partial charge in [0.2, 0.25) is 0 Å². The molecule has 0 saturated carbocycles. The molecule has 1 rings (SSSR count). The second kappa shape index (κ2) is 7.22. The van der Waals surface area contributed by atoms with Crippen LogP contribution in [0.15, 0.2) is 6.20 Å². The minimum atomic E-state index is -3.01. The lowest BCUT2D eigenvalue weighted by Crippen LogP contribution is -2.22. The maximum absolute atomic E-state index is 11.8. The Labute approximate surface area is 122 Å². The molecular weight excluding hydrogens is 274 g/mol. The van der Waals surface area contributed by atoms with Gasteiger partial charge in [0.15, 0.2) is 9.84 Å². The molecule has 5 nitrogen and oxygen atoms in total. The number of sulfone groups is 1. The normalized spacial score (nSPS) is 12.6. The molecular formula is C14H27N3O2S. The van der Waals surface area contributed by atoms with Crippen molar-refractivity contribution in [3.05, 3.63) is 17.5 Å². The maximum Gasteiger partial charge on any atom is 0.154 e. The third-order valence-corrected chi connectivity index (χ3v) is 5.57. The highest BCUT2D eigenvalue weighted by Gasteiger charge is 2.17. The van der Waals surface area contributed by atoms with Gasteiger partial charge in [0, 0.05) is 17.8 Å². The van der Waals surface area contributed by atoms with E-state index in [0.717, 1.165) is 24.3 Å². The number of rotatable bonds is 8. The summed E-state index contributed by atoms with van der Waals surface area (Å²) in [5.74, 6) is 0.757. The summed E-state index contributed by atoms with van der Waals surface area (Å²) in [6, 6.07) is 0. The standard InChI is InChI=1S/C14H27N3O2S/c1-11(2)8-15-9-14-10-16-17(13(14)5)6-7-20(18,19)12(3)4/h10-12,15H,6-9H2,1-5H3. The van der Waals surface area contributed by atoms with Gasteiger partial charge >= 0.3 is 0 Å². The first kappa shape index (κ1) is 17.2. The van der Waals surface area contributed by atoms with Crippen LogP contribution in [0.4, 0.5) is 0 Å². The molecule has 0 saturated heterocycles. The molecule has 1 aromatic heterocycles. The molecule has 20 heavy (non-hydrogen) atoms. The molecule has 0 aliphatic heterocycles. The highest BCUT2D eigenvalue weighted by atomic mass is 32.2. The van der Waals surface area contributed by atoms with Crippen LogP contribution in [0.5, 0.6) is 0 Å². The van der Waals surface area contributed by atoms with Gasteiger partial charge in [0.25, 0.3) is 0 Å². The fraction of sp³-hybridized carbons (Fsp3) is 0.786. The van der Waals surface area contributed by atoms with Gasteiger partial charge in [-0.3, -0.25) is 4.68 Å². The molecule has 0 aliphatic carbocycles. The fourth-order valence-electron chi connectivity index (χ4n) is 1.83. The SMILES string of the molecule is Cc1c(CNCC(C)C)cnn1CCS(=O)(=O)C(C)C. The van der Waals surface area contributed by atoms with E-state index in [0.29, 0.717) is 12.5 Å². The van der Waals surface area contributed by atoms with Gasteiger partial charge in [-0.15, -0.1) is 0 Å². The minimum Gasteiger partial charge on any atom is -0.312 e. The van der Waals surface area contributed by atoms with Crippen molar-refractivity contribution in [3.8, 4) is 0 Å². The Hall–Kier alpha value is -0.880. The zero-order chi connectivity index (χ0) is 15.3. The van der Waals surface area contributed by atoms with Crippen molar-refractivity contribution in [2.24, 2.45) is 5.92 Å². The van der Waals surface area contributed by atoms with E-state index in [1.165, 1.54) is 0 Å². The van der Waals surface area contributed by atoms with Crippen LogP contribution < -0.4 is 5.32 Å². The minimum absolute atomic E-state index is 0.145. The van der Waals surface area contributed by atoms with Gasteiger partial charge in [-0.2, -0.15) is 5.10 Å². The first-order valence-electron chi connectivity index (χ1n) is 7.17. The van der Waals surface area contributed by atoms with E-state index >= 15 is 0 Å². The van der Waals surface area contributed by atoms with Crippen molar-refractivity contribution in [1.29, 1.82) is 0 Å². The van der Waals surface area contributed by atoms with E-state index in [1.54, 1.807) is 18.5 Å².